The van der Waals surface area contributed by atoms with Crippen LogP contribution in [0.1, 0.15) is 26.2 Å². The maximum absolute atomic E-state index is 11.6. The van der Waals surface area contributed by atoms with E-state index in [2.05, 4.69) is 11.9 Å². The summed E-state index contributed by atoms with van der Waals surface area (Å²) in [6.45, 7) is 7.96. The fraction of sp³-hybridized carbons (Fsp3) is 0.727. The van der Waals surface area contributed by atoms with Gasteiger partial charge in [0, 0.05) is 19.1 Å². The van der Waals surface area contributed by atoms with Crippen molar-refractivity contribution < 1.29 is 4.79 Å². The predicted molar refractivity (Wildman–Crippen MR) is 58.1 cm³/mol. The van der Waals surface area contributed by atoms with Crippen LogP contribution in [0.3, 0.4) is 0 Å². The van der Waals surface area contributed by atoms with E-state index in [1.54, 1.807) is 0 Å². The molecular formula is C11H20N2O. The molecule has 0 aromatic rings. The Hall–Kier alpha value is -0.830. The molecule has 1 fully saturated rings. The lowest BCUT2D eigenvalue weighted by atomic mass is 10.1. The highest BCUT2D eigenvalue weighted by molar-refractivity contribution is 5.78. The maximum Gasteiger partial charge on any atom is 0.236 e. The molecule has 1 rings (SSSR count). The zero-order valence-corrected chi connectivity index (χ0v) is 8.96. The lowest BCUT2D eigenvalue weighted by molar-refractivity contribution is -0.131. The summed E-state index contributed by atoms with van der Waals surface area (Å²) in [5, 5.41) is 3.12. The van der Waals surface area contributed by atoms with Gasteiger partial charge in [-0.1, -0.05) is 6.08 Å². The Balaban J connectivity index is 2.22. The van der Waals surface area contributed by atoms with Crippen LogP contribution in [0, 0.1) is 0 Å². The van der Waals surface area contributed by atoms with E-state index >= 15 is 0 Å². The van der Waals surface area contributed by atoms with Crippen LogP contribution in [0.2, 0.25) is 0 Å². The van der Waals surface area contributed by atoms with Gasteiger partial charge in [0.15, 0.2) is 0 Å². The summed E-state index contributed by atoms with van der Waals surface area (Å²) in [5.41, 5.74) is 0. The van der Waals surface area contributed by atoms with Gasteiger partial charge in [0.25, 0.3) is 0 Å². The molecule has 1 unspecified atom stereocenters. The zero-order chi connectivity index (χ0) is 10.4. The number of amides is 1. The van der Waals surface area contributed by atoms with Crippen molar-refractivity contribution in [3.8, 4) is 0 Å². The summed E-state index contributed by atoms with van der Waals surface area (Å²) in [7, 11) is 0. The molecule has 1 saturated heterocycles. The molecular weight excluding hydrogens is 176 g/mol. The third kappa shape index (κ3) is 3.50. The van der Waals surface area contributed by atoms with E-state index < -0.39 is 0 Å². The number of rotatable bonds is 4. The Morgan fingerprint density at radius 3 is 2.71 bits per heavy atom. The molecule has 1 atom stereocenters. The molecule has 0 spiro atoms. The first kappa shape index (κ1) is 11.2. The van der Waals surface area contributed by atoms with Gasteiger partial charge < -0.3 is 10.2 Å². The van der Waals surface area contributed by atoms with Crippen LogP contribution in [-0.4, -0.2) is 36.5 Å². The lowest BCUT2D eigenvalue weighted by Crippen LogP contribution is -2.42. The van der Waals surface area contributed by atoms with Crippen LogP contribution < -0.4 is 5.32 Å². The number of carbonyl (C=O) groups excluding carboxylic acids is 1. The SMILES string of the molecule is C=CC(C)NCC(=O)N1CCCCC1. The molecule has 0 aromatic carbocycles. The summed E-state index contributed by atoms with van der Waals surface area (Å²) in [5.74, 6) is 0.221. The minimum atomic E-state index is 0.212. The van der Waals surface area contributed by atoms with Crippen molar-refractivity contribution >= 4 is 5.91 Å². The number of carbonyl (C=O) groups is 1. The summed E-state index contributed by atoms with van der Waals surface area (Å²) >= 11 is 0. The van der Waals surface area contributed by atoms with Crippen molar-refractivity contribution in [2.45, 2.75) is 32.2 Å². The molecule has 1 amide bonds. The molecule has 0 saturated carbocycles. The number of hydrogen-bond acceptors (Lipinski definition) is 2. The highest BCUT2D eigenvalue weighted by atomic mass is 16.2. The first-order valence-corrected chi connectivity index (χ1v) is 5.37. The van der Waals surface area contributed by atoms with E-state index in [1.165, 1.54) is 6.42 Å². The van der Waals surface area contributed by atoms with Crippen LogP contribution in [0.4, 0.5) is 0 Å². The van der Waals surface area contributed by atoms with Crippen molar-refractivity contribution in [1.82, 2.24) is 10.2 Å². The number of likely N-dealkylation sites (tertiary alicyclic amines) is 1. The van der Waals surface area contributed by atoms with Gasteiger partial charge in [-0.05, 0) is 26.2 Å². The molecule has 3 nitrogen and oxygen atoms in total. The summed E-state index contributed by atoms with van der Waals surface area (Å²) in [6.07, 6.45) is 5.38. The van der Waals surface area contributed by atoms with Gasteiger partial charge in [0.2, 0.25) is 5.91 Å². The van der Waals surface area contributed by atoms with Gasteiger partial charge in [-0.25, -0.2) is 0 Å². The summed E-state index contributed by atoms with van der Waals surface area (Å²) in [6, 6.07) is 0.212. The van der Waals surface area contributed by atoms with E-state index in [9.17, 15) is 4.79 Å². The van der Waals surface area contributed by atoms with E-state index in [1.807, 2.05) is 17.9 Å². The molecule has 0 bridgehead atoms. The maximum atomic E-state index is 11.6. The number of nitrogens with zero attached hydrogens (tertiary/aromatic N) is 1. The monoisotopic (exact) mass is 196 g/mol. The molecule has 1 aliphatic rings. The fourth-order valence-corrected chi connectivity index (χ4v) is 1.59. The van der Waals surface area contributed by atoms with Crippen LogP contribution in [-0.2, 0) is 4.79 Å². The third-order valence-corrected chi connectivity index (χ3v) is 2.64. The van der Waals surface area contributed by atoms with Gasteiger partial charge in [0.05, 0.1) is 6.54 Å². The van der Waals surface area contributed by atoms with E-state index in [-0.39, 0.29) is 11.9 Å². The Morgan fingerprint density at radius 2 is 2.14 bits per heavy atom. The molecule has 14 heavy (non-hydrogen) atoms. The highest BCUT2D eigenvalue weighted by Gasteiger charge is 2.15. The number of nitrogens with one attached hydrogen (secondary N) is 1. The first-order chi connectivity index (χ1) is 6.74. The molecule has 1 heterocycles. The quantitative estimate of drug-likeness (QED) is 0.684. The minimum Gasteiger partial charge on any atom is -0.342 e. The molecule has 3 heteroatoms. The second kappa shape index (κ2) is 5.81. The molecule has 1 N–H and O–H groups in total. The average molecular weight is 196 g/mol. The Kier molecular flexibility index (Phi) is 4.66. The minimum absolute atomic E-state index is 0.212. The van der Waals surface area contributed by atoms with Gasteiger partial charge in [-0.15, -0.1) is 6.58 Å². The van der Waals surface area contributed by atoms with E-state index in [4.69, 9.17) is 0 Å². The van der Waals surface area contributed by atoms with Crippen molar-refractivity contribution in [2.75, 3.05) is 19.6 Å². The molecule has 0 aliphatic carbocycles. The average Bonchev–Trinajstić information content (AvgIpc) is 2.26. The molecule has 0 aromatic heterocycles. The van der Waals surface area contributed by atoms with Gasteiger partial charge in [-0.3, -0.25) is 4.79 Å². The smallest absolute Gasteiger partial charge is 0.236 e. The standard InChI is InChI=1S/C11H20N2O/c1-3-10(2)12-9-11(14)13-7-5-4-6-8-13/h3,10,12H,1,4-9H2,2H3. The third-order valence-electron chi connectivity index (χ3n) is 2.64. The zero-order valence-electron chi connectivity index (χ0n) is 8.96. The summed E-state index contributed by atoms with van der Waals surface area (Å²) < 4.78 is 0. The fourth-order valence-electron chi connectivity index (χ4n) is 1.59. The van der Waals surface area contributed by atoms with Crippen LogP contribution in [0.5, 0.6) is 0 Å². The Morgan fingerprint density at radius 1 is 1.50 bits per heavy atom. The second-order valence-corrected chi connectivity index (χ2v) is 3.85. The second-order valence-electron chi connectivity index (χ2n) is 3.85. The molecule has 1 aliphatic heterocycles. The topological polar surface area (TPSA) is 32.3 Å². The first-order valence-electron chi connectivity index (χ1n) is 5.37. The van der Waals surface area contributed by atoms with Crippen LogP contribution in [0.15, 0.2) is 12.7 Å². The molecule has 0 radical (unpaired) electrons. The molecule has 80 valence electrons. The largest absolute Gasteiger partial charge is 0.342 e. The van der Waals surface area contributed by atoms with Crippen molar-refractivity contribution in [2.24, 2.45) is 0 Å². The van der Waals surface area contributed by atoms with Crippen molar-refractivity contribution in [1.29, 1.82) is 0 Å². The normalized spacial score (nSPS) is 19.1. The van der Waals surface area contributed by atoms with Gasteiger partial charge in [0.1, 0.15) is 0 Å². The number of hydrogen-bond donors (Lipinski definition) is 1. The van der Waals surface area contributed by atoms with Crippen LogP contribution in [0.25, 0.3) is 0 Å². The van der Waals surface area contributed by atoms with Gasteiger partial charge in [-0.2, -0.15) is 0 Å². The lowest BCUT2D eigenvalue weighted by Gasteiger charge is -2.27. The Bertz CT molecular complexity index is 197. The van der Waals surface area contributed by atoms with Crippen molar-refractivity contribution in [3.63, 3.8) is 0 Å². The number of piperidine rings is 1. The van der Waals surface area contributed by atoms with Crippen molar-refractivity contribution in [3.05, 3.63) is 12.7 Å². The highest BCUT2D eigenvalue weighted by Crippen LogP contribution is 2.08. The van der Waals surface area contributed by atoms with Crippen LogP contribution >= 0.6 is 0 Å². The van der Waals surface area contributed by atoms with E-state index in [0.717, 1.165) is 25.9 Å². The van der Waals surface area contributed by atoms with E-state index in [0.29, 0.717) is 6.54 Å². The Labute approximate surface area is 86.2 Å². The predicted octanol–water partition coefficient (Wildman–Crippen LogP) is 1.16. The summed E-state index contributed by atoms with van der Waals surface area (Å²) in [4.78, 5) is 13.6. The van der Waals surface area contributed by atoms with Gasteiger partial charge >= 0.3 is 0 Å².